The van der Waals surface area contributed by atoms with Crippen LogP contribution >= 0.6 is 0 Å². The van der Waals surface area contributed by atoms with Gasteiger partial charge in [-0.25, -0.2) is 0 Å². The van der Waals surface area contributed by atoms with Crippen molar-refractivity contribution in [3.8, 4) is 0 Å². The van der Waals surface area contributed by atoms with Crippen molar-refractivity contribution in [1.29, 1.82) is 0 Å². The van der Waals surface area contributed by atoms with Crippen LogP contribution in [0.5, 0.6) is 0 Å². The predicted molar refractivity (Wildman–Crippen MR) is 65.6 cm³/mol. The molecule has 0 aromatic carbocycles. The van der Waals surface area contributed by atoms with Gasteiger partial charge < -0.3 is 9.47 Å². The molecule has 1 saturated carbocycles. The van der Waals surface area contributed by atoms with E-state index in [0.717, 1.165) is 25.7 Å². The van der Waals surface area contributed by atoms with Crippen LogP contribution in [0.2, 0.25) is 0 Å². The summed E-state index contributed by atoms with van der Waals surface area (Å²) in [6.07, 6.45) is 13.1. The fourth-order valence-electron chi connectivity index (χ4n) is 2.99. The second-order valence-electron chi connectivity index (χ2n) is 5.30. The van der Waals surface area contributed by atoms with Gasteiger partial charge in [0.05, 0.1) is 25.9 Å². The van der Waals surface area contributed by atoms with E-state index >= 15 is 0 Å². The molecule has 1 aliphatic heterocycles. The molecule has 2 heteroatoms. The Bertz CT molecular complexity index is 166. The fraction of sp³-hybridized carbons (Fsp3) is 1.00. The van der Waals surface area contributed by atoms with Crippen molar-refractivity contribution in [3.63, 3.8) is 0 Å². The van der Waals surface area contributed by atoms with Crippen molar-refractivity contribution in [1.82, 2.24) is 0 Å². The summed E-state index contributed by atoms with van der Waals surface area (Å²) in [4.78, 5) is 0. The maximum Gasteiger partial charge on any atom is 0.0837 e. The molecule has 0 aromatic heterocycles. The third-order valence-electron chi connectivity index (χ3n) is 4.02. The van der Waals surface area contributed by atoms with Crippen molar-refractivity contribution in [3.05, 3.63) is 0 Å². The molecule has 2 rings (SSSR count). The van der Waals surface area contributed by atoms with E-state index in [1.54, 1.807) is 0 Å². The molecule has 0 bridgehead atoms. The summed E-state index contributed by atoms with van der Waals surface area (Å²) in [5.74, 6) is 0.762. The van der Waals surface area contributed by atoms with E-state index in [0.29, 0.717) is 6.10 Å². The molecule has 16 heavy (non-hydrogen) atoms. The highest BCUT2D eigenvalue weighted by Gasteiger charge is 2.24. The quantitative estimate of drug-likeness (QED) is 0.681. The summed E-state index contributed by atoms with van der Waals surface area (Å²) in [6, 6.07) is 0. The summed E-state index contributed by atoms with van der Waals surface area (Å²) in [7, 11) is 0. The highest BCUT2D eigenvalue weighted by atomic mass is 16.6. The lowest BCUT2D eigenvalue weighted by atomic mass is 9.88. The Morgan fingerprint density at radius 2 is 1.31 bits per heavy atom. The van der Waals surface area contributed by atoms with E-state index in [1.165, 1.54) is 57.8 Å². The smallest absolute Gasteiger partial charge is 0.0837 e. The van der Waals surface area contributed by atoms with Gasteiger partial charge in [-0.15, -0.1) is 0 Å². The van der Waals surface area contributed by atoms with Crippen LogP contribution < -0.4 is 0 Å². The molecular weight excluding hydrogens is 200 g/mol. The van der Waals surface area contributed by atoms with Crippen molar-refractivity contribution < 1.29 is 9.47 Å². The van der Waals surface area contributed by atoms with Crippen LogP contribution in [0.25, 0.3) is 0 Å². The molecule has 1 aliphatic carbocycles. The molecular formula is C14H26O2. The average Bonchev–Trinajstić information content (AvgIpc) is 2.37. The minimum Gasteiger partial charge on any atom is -0.376 e. The molecule has 0 radical (unpaired) electrons. The summed E-state index contributed by atoms with van der Waals surface area (Å²) in [6.45, 7) is 2.44. The Labute approximate surface area is 99.7 Å². The van der Waals surface area contributed by atoms with E-state index in [9.17, 15) is 0 Å². The number of rotatable bonds is 1. The maximum absolute atomic E-state index is 5.86. The largest absolute Gasteiger partial charge is 0.376 e. The summed E-state index contributed by atoms with van der Waals surface area (Å²) in [5, 5.41) is 0. The van der Waals surface area contributed by atoms with Gasteiger partial charge in [-0.2, -0.15) is 0 Å². The zero-order chi connectivity index (χ0) is 11.1. The van der Waals surface area contributed by atoms with Gasteiger partial charge in [0.1, 0.15) is 0 Å². The Balaban J connectivity index is 1.78. The van der Waals surface area contributed by atoms with Gasteiger partial charge in [-0.1, -0.05) is 44.9 Å². The Morgan fingerprint density at radius 1 is 0.688 bits per heavy atom. The lowest BCUT2D eigenvalue weighted by Gasteiger charge is -2.31. The highest BCUT2D eigenvalue weighted by molar-refractivity contribution is 4.73. The number of hydrogen-bond donors (Lipinski definition) is 0. The molecule has 0 aromatic rings. The molecule has 94 valence electrons. The molecule has 1 heterocycles. The summed E-state index contributed by atoms with van der Waals surface area (Å²) < 4.78 is 11.4. The third-order valence-corrected chi connectivity index (χ3v) is 4.02. The van der Waals surface area contributed by atoms with Crippen molar-refractivity contribution >= 4 is 0 Å². The fourth-order valence-corrected chi connectivity index (χ4v) is 2.99. The van der Waals surface area contributed by atoms with Gasteiger partial charge in [-0.05, 0) is 18.8 Å². The zero-order valence-electron chi connectivity index (χ0n) is 10.5. The van der Waals surface area contributed by atoms with Crippen LogP contribution in [0.3, 0.4) is 0 Å². The van der Waals surface area contributed by atoms with Gasteiger partial charge in [0.15, 0.2) is 0 Å². The number of ether oxygens (including phenoxy) is 2. The molecule has 1 unspecified atom stereocenters. The Kier molecular flexibility index (Phi) is 5.64. The minimum absolute atomic E-state index is 0.396. The maximum atomic E-state index is 5.86. The second kappa shape index (κ2) is 7.29. The minimum atomic E-state index is 0.396. The number of hydrogen-bond acceptors (Lipinski definition) is 2. The first-order valence-corrected chi connectivity index (χ1v) is 7.16. The molecule has 2 fully saturated rings. The predicted octanol–water partition coefficient (Wildman–Crippen LogP) is 3.54. The zero-order valence-corrected chi connectivity index (χ0v) is 10.5. The van der Waals surface area contributed by atoms with E-state index in [2.05, 4.69) is 0 Å². The molecule has 1 atom stereocenters. The van der Waals surface area contributed by atoms with Crippen molar-refractivity contribution in [2.45, 2.75) is 63.9 Å². The molecule has 0 spiro atoms. The van der Waals surface area contributed by atoms with E-state index in [1.807, 2.05) is 0 Å². The topological polar surface area (TPSA) is 18.5 Å². The SMILES string of the molecule is C1CCCCC(C2COCCO2)CCCC1. The van der Waals surface area contributed by atoms with E-state index in [4.69, 9.17) is 9.47 Å². The van der Waals surface area contributed by atoms with Gasteiger partial charge in [0, 0.05) is 0 Å². The summed E-state index contributed by atoms with van der Waals surface area (Å²) >= 11 is 0. The molecule has 0 N–H and O–H groups in total. The van der Waals surface area contributed by atoms with Gasteiger partial charge >= 0.3 is 0 Å². The standard InChI is InChI=1S/C14H26O2/c1-2-4-6-8-13(9-7-5-3-1)14-12-15-10-11-16-14/h13-14H,1-12H2. The normalized spacial score (nSPS) is 31.1. The average molecular weight is 226 g/mol. The molecule has 2 aliphatic rings. The van der Waals surface area contributed by atoms with Crippen LogP contribution in [0.1, 0.15) is 57.8 Å². The van der Waals surface area contributed by atoms with E-state index in [-0.39, 0.29) is 0 Å². The second-order valence-corrected chi connectivity index (χ2v) is 5.30. The van der Waals surface area contributed by atoms with Crippen molar-refractivity contribution in [2.75, 3.05) is 19.8 Å². The van der Waals surface area contributed by atoms with Gasteiger partial charge in [-0.3, -0.25) is 0 Å². The first-order chi connectivity index (χ1) is 7.97. The molecule has 0 amide bonds. The van der Waals surface area contributed by atoms with Gasteiger partial charge in [0.2, 0.25) is 0 Å². The monoisotopic (exact) mass is 226 g/mol. The van der Waals surface area contributed by atoms with Crippen molar-refractivity contribution in [2.24, 2.45) is 5.92 Å². The molecule has 2 nitrogen and oxygen atoms in total. The lowest BCUT2D eigenvalue weighted by molar-refractivity contribution is -0.114. The van der Waals surface area contributed by atoms with Crippen LogP contribution in [-0.2, 0) is 9.47 Å². The summed E-state index contributed by atoms with van der Waals surface area (Å²) in [5.41, 5.74) is 0. The Hall–Kier alpha value is -0.0800. The van der Waals surface area contributed by atoms with Crippen LogP contribution in [0.4, 0.5) is 0 Å². The van der Waals surface area contributed by atoms with Crippen LogP contribution in [0, 0.1) is 5.92 Å². The first kappa shape index (κ1) is 12.4. The van der Waals surface area contributed by atoms with Crippen LogP contribution in [-0.4, -0.2) is 25.9 Å². The van der Waals surface area contributed by atoms with Gasteiger partial charge in [0.25, 0.3) is 0 Å². The highest BCUT2D eigenvalue weighted by Crippen LogP contribution is 2.26. The lowest BCUT2D eigenvalue weighted by Crippen LogP contribution is -2.35. The Morgan fingerprint density at radius 3 is 1.88 bits per heavy atom. The van der Waals surface area contributed by atoms with E-state index < -0.39 is 0 Å². The van der Waals surface area contributed by atoms with Crippen LogP contribution in [0.15, 0.2) is 0 Å². The third kappa shape index (κ3) is 4.06. The first-order valence-electron chi connectivity index (χ1n) is 7.16. The molecule has 1 saturated heterocycles.